The minimum atomic E-state index is -0.748. The molecule has 1 heterocycles. The third-order valence-corrected chi connectivity index (χ3v) is 3.91. The number of β-amino-alcohol motifs (C(OH)–C–C–N with tert-alkyl or cyclic N) is 1. The largest absolute Gasteiger partial charge is 0.387 e. The molecule has 0 amide bonds. The number of benzene rings is 1. The first-order valence-electron chi connectivity index (χ1n) is 6.89. The van der Waals surface area contributed by atoms with E-state index in [4.69, 9.17) is 0 Å². The van der Waals surface area contributed by atoms with Gasteiger partial charge in [-0.15, -0.1) is 0 Å². The van der Waals surface area contributed by atoms with Gasteiger partial charge in [-0.1, -0.05) is 18.2 Å². The van der Waals surface area contributed by atoms with E-state index in [9.17, 15) is 9.50 Å². The standard InChI is InChI=1S/C15H23FN2O/c1-17(2)12-6-5-9-18(10-12)11-15(19)13-7-3-4-8-14(13)16/h3-4,7-8,12,15,19H,5-6,9-11H2,1-2H3. The Bertz CT molecular complexity index is 411. The van der Waals surface area contributed by atoms with Crippen molar-refractivity contribution < 1.29 is 9.50 Å². The van der Waals surface area contributed by atoms with Crippen molar-refractivity contribution in [3.05, 3.63) is 35.6 Å². The quantitative estimate of drug-likeness (QED) is 0.901. The van der Waals surface area contributed by atoms with E-state index in [1.807, 2.05) is 0 Å². The summed E-state index contributed by atoms with van der Waals surface area (Å²) in [4.78, 5) is 4.45. The lowest BCUT2D eigenvalue weighted by molar-refractivity contribution is 0.0705. The Labute approximate surface area is 114 Å². The van der Waals surface area contributed by atoms with Crippen molar-refractivity contribution in [1.82, 2.24) is 9.80 Å². The summed E-state index contributed by atoms with van der Waals surface area (Å²) in [6, 6.07) is 7.00. The Kier molecular flexibility index (Phi) is 4.91. The molecule has 3 nitrogen and oxygen atoms in total. The highest BCUT2D eigenvalue weighted by Crippen LogP contribution is 2.20. The minimum absolute atomic E-state index is 0.323. The maximum absolute atomic E-state index is 13.6. The SMILES string of the molecule is CN(C)C1CCCN(CC(O)c2ccccc2F)C1. The molecule has 2 atom stereocenters. The number of likely N-dealkylation sites (tertiary alicyclic amines) is 1. The molecule has 0 spiro atoms. The van der Waals surface area contributed by atoms with E-state index in [0.717, 1.165) is 19.5 Å². The highest BCUT2D eigenvalue weighted by atomic mass is 19.1. The van der Waals surface area contributed by atoms with E-state index >= 15 is 0 Å². The second-order valence-electron chi connectivity index (χ2n) is 5.56. The van der Waals surface area contributed by atoms with Crippen molar-refractivity contribution in [3.63, 3.8) is 0 Å². The summed E-state index contributed by atoms with van der Waals surface area (Å²) in [5.74, 6) is -0.323. The molecule has 19 heavy (non-hydrogen) atoms. The first kappa shape index (κ1) is 14.4. The van der Waals surface area contributed by atoms with Crippen LogP contribution in [0.25, 0.3) is 0 Å². The minimum Gasteiger partial charge on any atom is -0.387 e. The highest BCUT2D eigenvalue weighted by Gasteiger charge is 2.24. The van der Waals surface area contributed by atoms with Crippen molar-refractivity contribution in [1.29, 1.82) is 0 Å². The number of likely N-dealkylation sites (N-methyl/N-ethyl adjacent to an activating group) is 1. The molecule has 1 saturated heterocycles. The molecule has 1 fully saturated rings. The van der Waals surface area contributed by atoms with Crippen molar-refractivity contribution in [2.24, 2.45) is 0 Å². The van der Waals surface area contributed by atoms with E-state index < -0.39 is 6.10 Å². The van der Waals surface area contributed by atoms with Crippen molar-refractivity contribution >= 4 is 0 Å². The first-order chi connectivity index (χ1) is 9.08. The topological polar surface area (TPSA) is 26.7 Å². The number of hydrogen-bond donors (Lipinski definition) is 1. The van der Waals surface area contributed by atoms with Crippen LogP contribution in [0.15, 0.2) is 24.3 Å². The molecule has 1 aromatic rings. The van der Waals surface area contributed by atoms with E-state index in [0.29, 0.717) is 18.2 Å². The zero-order chi connectivity index (χ0) is 13.8. The summed E-state index contributed by atoms with van der Waals surface area (Å²) >= 11 is 0. The lowest BCUT2D eigenvalue weighted by Crippen LogP contribution is -2.46. The lowest BCUT2D eigenvalue weighted by atomic mass is 10.0. The number of rotatable bonds is 4. The summed E-state index contributed by atoms with van der Waals surface area (Å²) in [6.07, 6.45) is 1.58. The third-order valence-electron chi connectivity index (χ3n) is 3.91. The van der Waals surface area contributed by atoms with Gasteiger partial charge in [0.1, 0.15) is 5.82 Å². The first-order valence-corrected chi connectivity index (χ1v) is 6.89. The van der Waals surface area contributed by atoms with Gasteiger partial charge in [0.2, 0.25) is 0 Å². The monoisotopic (exact) mass is 266 g/mol. The van der Waals surface area contributed by atoms with Gasteiger partial charge >= 0.3 is 0 Å². The van der Waals surface area contributed by atoms with Gasteiger partial charge in [0.05, 0.1) is 6.10 Å². The van der Waals surface area contributed by atoms with E-state index in [1.54, 1.807) is 18.2 Å². The number of piperidine rings is 1. The molecule has 1 aliphatic heterocycles. The molecule has 0 aromatic heterocycles. The van der Waals surface area contributed by atoms with Gasteiger partial charge in [-0.3, -0.25) is 4.90 Å². The van der Waals surface area contributed by atoms with Gasteiger partial charge in [-0.05, 0) is 39.5 Å². The molecule has 0 bridgehead atoms. The van der Waals surface area contributed by atoms with Gasteiger partial charge in [0, 0.05) is 24.7 Å². The van der Waals surface area contributed by atoms with Crippen LogP contribution in [0.4, 0.5) is 4.39 Å². The van der Waals surface area contributed by atoms with Crippen LogP contribution >= 0.6 is 0 Å². The second-order valence-corrected chi connectivity index (χ2v) is 5.56. The maximum atomic E-state index is 13.6. The van der Waals surface area contributed by atoms with Crippen LogP contribution in [0.2, 0.25) is 0 Å². The maximum Gasteiger partial charge on any atom is 0.129 e. The van der Waals surface area contributed by atoms with Gasteiger partial charge < -0.3 is 10.0 Å². The van der Waals surface area contributed by atoms with Crippen molar-refractivity contribution in [2.75, 3.05) is 33.7 Å². The fourth-order valence-corrected chi connectivity index (χ4v) is 2.71. The van der Waals surface area contributed by atoms with Crippen LogP contribution in [-0.2, 0) is 0 Å². The normalized spacial score (nSPS) is 22.7. The number of halogens is 1. The Morgan fingerprint density at radius 1 is 1.42 bits per heavy atom. The zero-order valence-corrected chi connectivity index (χ0v) is 11.7. The fraction of sp³-hybridized carbons (Fsp3) is 0.600. The smallest absolute Gasteiger partial charge is 0.129 e. The average molecular weight is 266 g/mol. The number of aliphatic hydroxyl groups is 1. The van der Waals surface area contributed by atoms with Crippen LogP contribution in [0, 0.1) is 5.82 Å². The Morgan fingerprint density at radius 2 is 2.16 bits per heavy atom. The van der Waals surface area contributed by atoms with Crippen LogP contribution in [0.5, 0.6) is 0 Å². The average Bonchev–Trinajstić information content (AvgIpc) is 2.39. The predicted molar refractivity (Wildman–Crippen MR) is 74.5 cm³/mol. The molecular weight excluding hydrogens is 243 g/mol. The van der Waals surface area contributed by atoms with Crippen molar-refractivity contribution in [3.8, 4) is 0 Å². The van der Waals surface area contributed by atoms with Crippen molar-refractivity contribution in [2.45, 2.75) is 25.0 Å². The summed E-state index contributed by atoms with van der Waals surface area (Å²) < 4.78 is 13.6. The lowest BCUT2D eigenvalue weighted by Gasteiger charge is -2.37. The van der Waals surface area contributed by atoms with E-state index in [1.165, 1.54) is 12.5 Å². The van der Waals surface area contributed by atoms with Gasteiger partial charge in [0.15, 0.2) is 0 Å². The molecule has 4 heteroatoms. The van der Waals surface area contributed by atoms with Crippen LogP contribution < -0.4 is 0 Å². The number of nitrogens with zero attached hydrogens (tertiary/aromatic N) is 2. The molecule has 0 radical (unpaired) electrons. The number of hydrogen-bond acceptors (Lipinski definition) is 3. The molecule has 0 saturated carbocycles. The Balaban J connectivity index is 1.95. The zero-order valence-electron chi connectivity index (χ0n) is 11.7. The summed E-state index contributed by atoms with van der Waals surface area (Å²) in [5.41, 5.74) is 0.398. The summed E-state index contributed by atoms with van der Waals surface area (Å²) in [7, 11) is 4.17. The van der Waals surface area contributed by atoms with Crippen LogP contribution in [0.3, 0.4) is 0 Å². The number of aliphatic hydroxyl groups excluding tert-OH is 1. The van der Waals surface area contributed by atoms with Gasteiger partial charge in [0.25, 0.3) is 0 Å². The molecule has 1 aliphatic rings. The third kappa shape index (κ3) is 3.75. The Hall–Kier alpha value is -0.970. The molecule has 1 N–H and O–H groups in total. The molecule has 0 aliphatic carbocycles. The van der Waals surface area contributed by atoms with E-state index in [2.05, 4.69) is 23.9 Å². The fourth-order valence-electron chi connectivity index (χ4n) is 2.71. The molecule has 2 unspecified atom stereocenters. The molecule has 106 valence electrons. The summed E-state index contributed by atoms with van der Waals surface area (Å²) in [5, 5.41) is 10.2. The molecule has 2 rings (SSSR count). The molecular formula is C15H23FN2O. The predicted octanol–water partition coefficient (Wildman–Crippen LogP) is 1.89. The molecule has 1 aromatic carbocycles. The Morgan fingerprint density at radius 3 is 2.84 bits per heavy atom. The van der Waals surface area contributed by atoms with Gasteiger partial charge in [-0.2, -0.15) is 0 Å². The summed E-state index contributed by atoms with van der Waals surface area (Å²) in [6.45, 7) is 2.43. The highest BCUT2D eigenvalue weighted by molar-refractivity contribution is 5.20. The van der Waals surface area contributed by atoms with Gasteiger partial charge in [-0.25, -0.2) is 4.39 Å². The van der Waals surface area contributed by atoms with Crippen LogP contribution in [0.1, 0.15) is 24.5 Å². The van der Waals surface area contributed by atoms with E-state index in [-0.39, 0.29) is 5.82 Å². The van der Waals surface area contributed by atoms with Crippen LogP contribution in [-0.4, -0.2) is 54.7 Å². The second kappa shape index (κ2) is 6.46.